The molecule has 0 aliphatic rings. The van der Waals surface area contributed by atoms with E-state index < -0.39 is 17.8 Å². The van der Waals surface area contributed by atoms with E-state index in [1.165, 1.54) is 17.2 Å². The third kappa shape index (κ3) is 4.64. The number of aromatic nitrogens is 1. The second-order valence-electron chi connectivity index (χ2n) is 4.14. The van der Waals surface area contributed by atoms with Gasteiger partial charge in [0.15, 0.2) is 0 Å². The first-order valence-corrected chi connectivity index (χ1v) is 6.09. The van der Waals surface area contributed by atoms with Crippen molar-refractivity contribution >= 4 is 29.3 Å². The fourth-order valence-electron chi connectivity index (χ4n) is 1.61. The molecule has 0 aliphatic carbocycles. The minimum Gasteiger partial charge on any atom is -0.462 e. The van der Waals surface area contributed by atoms with Crippen LogP contribution in [0.4, 0.5) is 11.5 Å². The standard InChI is InChI=1S/C12H17N5O4/c1-2-21-12(20)7-3-11(16-4-8(7)13)17(5-9(14)18)6-10(15)19/h3-4H,2,5-6,13H2,1H3,(H2,14,18)(H2,15,19). The number of carbonyl (C=O) groups is 3. The Hall–Kier alpha value is -2.84. The van der Waals surface area contributed by atoms with E-state index in [2.05, 4.69) is 4.98 Å². The highest BCUT2D eigenvalue weighted by atomic mass is 16.5. The molecule has 114 valence electrons. The molecule has 9 nitrogen and oxygen atoms in total. The van der Waals surface area contributed by atoms with Gasteiger partial charge < -0.3 is 26.8 Å². The van der Waals surface area contributed by atoms with Crippen molar-refractivity contribution in [3.8, 4) is 0 Å². The summed E-state index contributed by atoms with van der Waals surface area (Å²) in [6.45, 7) is 1.29. The molecule has 6 N–H and O–H groups in total. The minimum absolute atomic E-state index is 0.0841. The first-order valence-electron chi connectivity index (χ1n) is 6.09. The highest BCUT2D eigenvalue weighted by Gasteiger charge is 2.18. The second kappa shape index (κ2) is 7.08. The van der Waals surface area contributed by atoms with Gasteiger partial charge in [0.25, 0.3) is 0 Å². The predicted octanol–water partition coefficient (Wildman–Crippen LogP) is -1.38. The molecule has 1 heterocycles. The molecule has 2 amide bonds. The molecular formula is C12H17N5O4. The van der Waals surface area contributed by atoms with Gasteiger partial charge >= 0.3 is 5.97 Å². The van der Waals surface area contributed by atoms with Crippen LogP contribution in [0.1, 0.15) is 17.3 Å². The Morgan fingerprint density at radius 1 is 1.24 bits per heavy atom. The number of hydrogen-bond acceptors (Lipinski definition) is 7. The van der Waals surface area contributed by atoms with Crippen molar-refractivity contribution in [2.24, 2.45) is 11.5 Å². The average Bonchev–Trinajstić information content (AvgIpc) is 2.37. The quantitative estimate of drug-likeness (QED) is 0.523. The topological polar surface area (TPSA) is 155 Å². The number of primary amides is 2. The van der Waals surface area contributed by atoms with Gasteiger partial charge in [-0.25, -0.2) is 9.78 Å². The Morgan fingerprint density at radius 2 is 1.81 bits per heavy atom. The fraction of sp³-hybridized carbons (Fsp3) is 0.333. The van der Waals surface area contributed by atoms with Crippen molar-refractivity contribution in [1.29, 1.82) is 0 Å². The molecule has 0 radical (unpaired) electrons. The zero-order valence-corrected chi connectivity index (χ0v) is 11.5. The van der Waals surface area contributed by atoms with E-state index in [0.717, 1.165) is 0 Å². The van der Waals surface area contributed by atoms with Crippen LogP contribution in [0.15, 0.2) is 12.3 Å². The van der Waals surface area contributed by atoms with Gasteiger partial charge in [-0.05, 0) is 13.0 Å². The number of hydrogen-bond donors (Lipinski definition) is 3. The first kappa shape index (κ1) is 16.2. The van der Waals surface area contributed by atoms with Crippen molar-refractivity contribution < 1.29 is 19.1 Å². The van der Waals surface area contributed by atoms with E-state index in [0.29, 0.717) is 0 Å². The fourth-order valence-corrected chi connectivity index (χ4v) is 1.61. The summed E-state index contributed by atoms with van der Waals surface area (Å²) >= 11 is 0. The van der Waals surface area contributed by atoms with E-state index in [9.17, 15) is 14.4 Å². The lowest BCUT2D eigenvalue weighted by Gasteiger charge is -2.21. The molecule has 0 saturated heterocycles. The molecule has 0 atom stereocenters. The van der Waals surface area contributed by atoms with E-state index in [1.54, 1.807) is 6.92 Å². The van der Waals surface area contributed by atoms with E-state index in [4.69, 9.17) is 21.9 Å². The molecule has 0 bridgehead atoms. The lowest BCUT2D eigenvalue weighted by Crippen LogP contribution is -2.40. The molecule has 0 aliphatic heterocycles. The normalized spacial score (nSPS) is 9.95. The molecule has 0 saturated carbocycles. The van der Waals surface area contributed by atoms with Gasteiger partial charge in [-0.1, -0.05) is 0 Å². The summed E-state index contributed by atoms with van der Waals surface area (Å²) in [6.07, 6.45) is 1.23. The van der Waals surface area contributed by atoms with Gasteiger partial charge in [-0.2, -0.15) is 0 Å². The molecular weight excluding hydrogens is 278 g/mol. The maximum Gasteiger partial charge on any atom is 0.340 e. The summed E-state index contributed by atoms with van der Waals surface area (Å²) in [4.78, 5) is 39.0. The van der Waals surface area contributed by atoms with Gasteiger partial charge in [-0.3, -0.25) is 9.59 Å². The summed E-state index contributed by atoms with van der Waals surface area (Å²) in [5.41, 5.74) is 16.1. The number of nitrogen functional groups attached to an aromatic ring is 1. The van der Waals surface area contributed by atoms with Crippen molar-refractivity contribution in [2.45, 2.75) is 6.92 Å². The van der Waals surface area contributed by atoms with Crippen LogP contribution >= 0.6 is 0 Å². The van der Waals surface area contributed by atoms with Crippen LogP contribution < -0.4 is 22.1 Å². The zero-order valence-electron chi connectivity index (χ0n) is 11.5. The van der Waals surface area contributed by atoms with Gasteiger partial charge in [0.1, 0.15) is 5.82 Å². The Balaban J connectivity index is 3.13. The summed E-state index contributed by atoms with van der Waals surface area (Å²) in [5.74, 6) is -1.80. The summed E-state index contributed by atoms with van der Waals surface area (Å²) < 4.78 is 4.86. The minimum atomic E-state index is -0.674. The third-order valence-electron chi connectivity index (χ3n) is 2.43. The smallest absolute Gasteiger partial charge is 0.340 e. The van der Waals surface area contributed by atoms with E-state index in [1.807, 2.05) is 0 Å². The van der Waals surface area contributed by atoms with Gasteiger partial charge in [-0.15, -0.1) is 0 Å². The van der Waals surface area contributed by atoms with Crippen LogP contribution in [0.3, 0.4) is 0 Å². The largest absolute Gasteiger partial charge is 0.462 e. The van der Waals surface area contributed by atoms with Crippen LogP contribution in [0.5, 0.6) is 0 Å². The van der Waals surface area contributed by atoms with E-state index in [-0.39, 0.29) is 36.8 Å². The third-order valence-corrected chi connectivity index (χ3v) is 2.43. The van der Waals surface area contributed by atoms with Crippen molar-refractivity contribution in [1.82, 2.24) is 4.98 Å². The number of pyridine rings is 1. The molecule has 9 heteroatoms. The van der Waals surface area contributed by atoms with Crippen LogP contribution in [0.2, 0.25) is 0 Å². The molecule has 0 unspecified atom stereocenters. The van der Waals surface area contributed by atoms with Crippen molar-refractivity contribution in [3.05, 3.63) is 17.8 Å². The van der Waals surface area contributed by atoms with Crippen LogP contribution in [0.25, 0.3) is 0 Å². The number of esters is 1. The van der Waals surface area contributed by atoms with Crippen molar-refractivity contribution in [3.63, 3.8) is 0 Å². The van der Waals surface area contributed by atoms with Crippen LogP contribution in [-0.4, -0.2) is 42.5 Å². The Kier molecular flexibility index (Phi) is 5.47. The maximum atomic E-state index is 11.8. The number of nitrogens with zero attached hydrogens (tertiary/aromatic N) is 2. The van der Waals surface area contributed by atoms with Gasteiger partial charge in [0.05, 0.1) is 37.1 Å². The molecule has 1 rings (SSSR count). The number of ether oxygens (including phenoxy) is 1. The highest BCUT2D eigenvalue weighted by molar-refractivity contribution is 5.96. The molecule has 0 fully saturated rings. The van der Waals surface area contributed by atoms with Gasteiger partial charge in [0.2, 0.25) is 11.8 Å². The number of rotatable bonds is 7. The lowest BCUT2D eigenvalue weighted by atomic mass is 10.2. The second-order valence-corrected chi connectivity index (χ2v) is 4.14. The molecule has 21 heavy (non-hydrogen) atoms. The zero-order chi connectivity index (χ0) is 16.0. The molecule has 1 aromatic rings. The molecule has 1 aromatic heterocycles. The SMILES string of the molecule is CCOC(=O)c1cc(N(CC(N)=O)CC(N)=O)ncc1N. The number of amides is 2. The van der Waals surface area contributed by atoms with Gasteiger partial charge in [0, 0.05) is 0 Å². The summed E-state index contributed by atoms with van der Waals surface area (Å²) in [5, 5.41) is 0. The number of nitrogens with two attached hydrogens (primary N) is 3. The summed E-state index contributed by atoms with van der Waals surface area (Å²) in [7, 11) is 0. The average molecular weight is 295 g/mol. The Bertz CT molecular complexity index is 545. The Morgan fingerprint density at radius 3 is 2.29 bits per heavy atom. The number of anilines is 2. The highest BCUT2D eigenvalue weighted by Crippen LogP contribution is 2.19. The van der Waals surface area contributed by atoms with Crippen molar-refractivity contribution in [2.75, 3.05) is 30.3 Å². The Labute approximate surface area is 121 Å². The van der Waals surface area contributed by atoms with E-state index >= 15 is 0 Å². The molecule has 0 spiro atoms. The molecule has 0 aromatic carbocycles. The maximum absolute atomic E-state index is 11.8. The predicted molar refractivity (Wildman–Crippen MR) is 75.2 cm³/mol. The summed E-state index contributed by atoms with van der Waals surface area (Å²) in [6, 6.07) is 1.32. The lowest BCUT2D eigenvalue weighted by molar-refractivity contribution is -0.117. The van der Waals surface area contributed by atoms with Crippen LogP contribution in [-0.2, 0) is 14.3 Å². The monoisotopic (exact) mass is 295 g/mol. The number of carbonyl (C=O) groups excluding carboxylic acids is 3. The van der Waals surface area contributed by atoms with Crippen LogP contribution in [0, 0.1) is 0 Å². The first-order chi connectivity index (χ1) is 9.85.